The van der Waals surface area contributed by atoms with E-state index in [4.69, 9.17) is 9.84 Å². The van der Waals surface area contributed by atoms with Crippen LogP contribution in [0.3, 0.4) is 0 Å². The molecule has 1 rings (SSSR count). The molecule has 1 unspecified atom stereocenters. The first kappa shape index (κ1) is 12.9. The summed E-state index contributed by atoms with van der Waals surface area (Å²) in [5, 5.41) is 11.7. The molecular weight excluding hydrogens is 216 g/mol. The highest BCUT2D eigenvalue weighted by molar-refractivity contribution is 5.31. The number of aliphatic hydroxyl groups is 1. The number of nitrogens with one attached hydrogen (secondary N) is 1. The van der Waals surface area contributed by atoms with E-state index in [1.165, 1.54) is 19.1 Å². The first-order chi connectivity index (χ1) is 7.54. The first-order valence-corrected chi connectivity index (χ1v) is 4.98. The zero-order valence-corrected chi connectivity index (χ0v) is 9.26. The molecule has 0 spiro atoms. The van der Waals surface area contributed by atoms with Crippen LogP contribution in [0.1, 0.15) is 12.5 Å². The van der Waals surface area contributed by atoms with Crippen LogP contribution < -0.4 is 10.1 Å². The van der Waals surface area contributed by atoms with Crippen molar-refractivity contribution in [2.75, 3.05) is 13.7 Å². The lowest BCUT2D eigenvalue weighted by Crippen LogP contribution is -2.14. The minimum atomic E-state index is -0.768. The number of halogens is 2. The van der Waals surface area contributed by atoms with E-state index in [9.17, 15) is 8.78 Å². The van der Waals surface area contributed by atoms with Crippen molar-refractivity contribution < 1.29 is 18.6 Å². The topological polar surface area (TPSA) is 41.5 Å². The summed E-state index contributed by atoms with van der Waals surface area (Å²) in [6.45, 7) is 1.72. The maximum Gasteiger partial charge on any atom is 0.190 e. The van der Waals surface area contributed by atoms with Gasteiger partial charge in [0.25, 0.3) is 0 Å². The van der Waals surface area contributed by atoms with Crippen molar-refractivity contribution in [3.63, 3.8) is 0 Å². The van der Waals surface area contributed by atoms with Crippen LogP contribution in [-0.2, 0) is 6.54 Å². The second kappa shape index (κ2) is 5.77. The van der Waals surface area contributed by atoms with Crippen LogP contribution in [0.5, 0.6) is 5.75 Å². The van der Waals surface area contributed by atoms with E-state index in [1.807, 2.05) is 0 Å². The molecule has 0 heterocycles. The molecule has 0 amide bonds. The predicted molar refractivity (Wildman–Crippen MR) is 56.3 cm³/mol. The lowest BCUT2D eigenvalue weighted by molar-refractivity contribution is 0.117. The van der Waals surface area contributed by atoms with Crippen molar-refractivity contribution in [2.24, 2.45) is 0 Å². The van der Waals surface area contributed by atoms with Gasteiger partial charge in [-0.1, -0.05) is 0 Å². The summed E-state index contributed by atoms with van der Waals surface area (Å²) in [5.41, 5.74) is 0.502. The largest absolute Gasteiger partial charge is 0.485 e. The summed E-state index contributed by atoms with van der Waals surface area (Å²) in [6.07, 6.45) is -0.768. The van der Waals surface area contributed by atoms with Gasteiger partial charge in [-0.15, -0.1) is 0 Å². The quantitative estimate of drug-likeness (QED) is 0.805. The van der Waals surface area contributed by atoms with Crippen LogP contribution in [-0.4, -0.2) is 24.9 Å². The number of hydrogen-bond donors (Lipinski definition) is 2. The predicted octanol–water partition coefficient (Wildman–Crippen LogP) is 1.44. The molecule has 0 aromatic heterocycles. The van der Waals surface area contributed by atoms with Crippen LogP contribution in [0.25, 0.3) is 0 Å². The monoisotopic (exact) mass is 231 g/mol. The third-order valence-electron chi connectivity index (χ3n) is 1.91. The molecular formula is C11H15F2NO2. The van der Waals surface area contributed by atoms with Crippen LogP contribution in [0, 0.1) is 11.6 Å². The molecule has 1 aromatic carbocycles. The molecule has 0 aliphatic rings. The van der Waals surface area contributed by atoms with Gasteiger partial charge in [0.2, 0.25) is 0 Å². The van der Waals surface area contributed by atoms with Gasteiger partial charge in [0.05, 0.1) is 6.10 Å². The van der Waals surface area contributed by atoms with Gasteiger partial charge < -0.3 is 15.2 Å². The van der Waals surface area contributed by atoms with E-state index in [0.717, 1.165) is 0 Å². The van der Waals surface area contributed by atoms with Crippen molar-refractivity contribution in [3.05, 3.63) is 29.3 Å². The Kier molecular flexibility index (Phi) is 4.64. The Morgan fingerprint density at radius 2 is 1.94 bits per heavy atom. The molecule has 0 fully saturated rings. The third kappa shape index (κ3) is 3.43. The fourth-order valence-corrected chi connectivity index (χ4v) is 1.26. The molecule has 0 aliphatic heterocycles. The van der Waals surface area contributed by atoms with Crippen LogP contribution in [0.2, 0.25) is 0 Å². The normalized spacial score (nSPS) is 12.6. The lowest BCUT2D eigenvalue weighted by atomic mass is 10.2. The zero-order chi connectivity index (χ0) is 12.1. The molecule has 90 valence electrons. The summed E-state index contributed by atoms with van der Waals surface area (Å²) < 4.78 is 31.7. The van der Waals surface area contributed by atoms with Crippen LogP contribution in [0.15, 0.2) is 12.1 Å². The number of ether oxygens (including phenoxy) is 1. The standard InChI is InChI=1S/C11H15F2NO2/c1-7(15)6-16-11-9(12)3-8(5-14-2)4-10(11)13/h3-4,7,14-15H,5-6H2,1-2H3. The number of aliphatic hydroxyl groups excluding tert-OH is 1. The van der Waals surface area contributed by atoms with E-state index in [2.05, 4.69) is 5.32 Å². The Bertz CT molecular complexity index is 333. The third-order valence-corrected chi connectivity index (χ3v) is 1.91. The zero-order valence-electron chi connectivity index (χ0n) is 9.26. The Morgan fingerprint density at radius 1 is 1.38 bits per heavy atom. The van der Waals surface area contributed by atoms with Gasteiger partial charge in [0, 0.05) is 6.54 Å². The highest BCUT2D eigenvalue weighted by Crippen LogP contribution is 2.23. The summed E-state index contributed by atoms with van der Waals surface area (Å²) in [4.78, 5) is 0. The average molecular weight is 231 g/mol. The first-order valence-electron chi connectivity index (χ1n) is 4.98. The highest BCUT2D eigenvalue weighted by atomic mass is 19.1. The fraction of sp³-hybridized carbons (Fsp3) is 0.455. The molecule has 0 radical (unpaired) electrons. The van der Waals surface area contributed by atoms with Crippen molar-refractivity contribution in [1.29, 1.82) is 0 Å². The number of hydrogen-bond acceptors (Lipinski definition) is 3. The van der Waals surface area contributed by atoms with Gasteiger partial charge in [-0.25, -0.2) is 8.78 Å². The minimum Gasteiger partial charge on any atom is -0.485 e. The Morgan fingerprint density at radius 3 is 2.38 bits per heavy atom. The van der Waals surface area contributed by atoms with E-state index >= 15 is 0 Å². The van der Waals surface area contributed by atoms with E-state index in [1.54, 1.807) is 7.05 Å². The van der Waals surface area contributed by atoms with Gasteiger partial charge in [-0.05, 0) is 31.7 Å². The number of rotatable bonds is 5. The van der Waals surface area contributed by atoms with Crippen molar-refractivity contribution in [1.82, 2.24) is 5.32 Å². The van der Waals surface area contributed by atoms with Gasteiger partial charge in [-0.3, -0.25) is 0 Å². The summed E-state index contributed by atoms with van der Waals surface area (Å²) in [6, 6.07) is 2.41. The second-order valence-electron chi connectivity index (χ2n) is 3.58. The molecule has 1 atom stereocenters. The molecule has 16 heavy (non-hydrogen) atoms. The van der Waals surface area contributed by atoms with Gasteiger partial charge in [-0.2, -0.15) is 0 Å². The Hall–Kier alpha value is -1.20. The average Bonchev–Trinajstić information content (AvgIpc) is 2.16. The Labute approximate surface area is 93.0 Å². The maximum atomic E-state index is 13.4. The molecule has 0 saturated heterocycles. The SMILES string of the molecule is CNCc1cc(F)c(OCC(C)O)c(F)c1. The lowest BCUT2D eigenvalue weighted by Gasteiger charge is -2.11. The smallest absolute Gasteiger partial charge is 0.190 e. The fourth-order valence-electron chi connectivity index (χ4n) is 1.26. The summed E-state index contributed by atoms with van der Waals surface area (Å²) in [5.74, 6) is -1.96. The van der Waals surface area contributed by atoms with E-state index in [0.29, 0.717) is 12.1 Å². The molecule has 5 heteroatoms. The molecule has 1 aromatic rings. The molecule has 0 bridgehead atoms. The van der Waals surface area contributed by atoms with Crippen LogP contribution >= 0.6 is 0 Å². The van der Waals surface area contributed by atoms with Gasteiger partial charge in [0.15, 0.2) is 17.4 Å². The summed E-state index contributed by atoms with van der Waals surface area (Å²) >= 11 is 0. The second-order valence-corrected chi connectivity index (χ2v) is 3.58. The molecule has 0 aliphatic carbocycles. The molecule has 3 nitrogen and oxygen atoms in total. The minimum absolute atomic E-state index is 0.140. The maximum absolute atomic E-state index is 13.4. The summed E-state index contributed by atoms with van der Waals surface area (Å²) in [7, 11) is 1.69. The van der Waals surface area contributed by atoms with Crippen molar-refractivity contribution >= 4 is 0 Å². The van der Waals surface area contributed by atoms with Crippen molar-refractivity contribution in [2.45, 2.75) is 19.6 Å². The molecule has 2 N–H and O–H groups in total. The number of benzene rings is 1. The highest BCUT2D eigenvalue weighted by Gasteiger charge is 2.13. The Balaban J connectivity index is 2.85. The van der Waals surface area contributed by atoms with E-state index < -0.39 is 23.5 Å². The molecule has 0 saturated carbocycles. The van der Waals surface area contributed by atoms with Gasteiger partial charge >= 0.3 is 0 Å². The van der Waals surface area contributed by atoms with E-state index in [-0.39, 0.29) is 6.61 Å². The van der Waals surface area contributed by atoms with Crippen LogP contribution in [0.4, 0.5) is 8.78 Å². The van der Waals surface area contributed by atoms with Crippen molar-refractivity contribution in [3.8, 4) is 5.75 Å². The van der Waals surface area contributed by atoms with Gasteiger partial charge in [0.1, 0.15) is 6.61 Å².